The molecule has 1 atom stereocenters. The molecule has 3 aliphatic rings. The Hall–Kier alpha value is -1.55. The summed E-state index contributed by atoms with van der Waals surface area (Å²) in [7, 11) is 0. The van der Waals surface area contributed by atoms with E-state index in [1.165, 1.54) is 75.7 Å². The smallest absolute Gasteiger partial charge is 0.318 e. The first kappa shape index (κ1) is 22.6. The van der Waals surface area contributed by atoms with Gasteiger partial charge >= 0.3 is 6.03 Å². The van der Waals surface area contributed by atoms with Gasteiger partial charge in [0, 0.05) is 25.5 Å². The maximum absolute atomic E-state index is 13.1. The fourth-order valence-corrected chi connectivity index (χ4v) is 6.68. The van der Waals surface area contributed by atoms with Crippen LogP contribution in [0.5, 0.6) is 0 Å². The van der Waals surface area contributed by atoms with Gasteiger partial charge in [0.05, 0.1) is 6.04 Å². The van der Waals surface area contributed by atoms with Crippen LogP contribution in [0, 0.1) is 5.92 Å². The topological polar surface area (TPSA) is 35.6 Å². The molecule has 4 nitrogen and oxygen atoms in total. The van der Waals surface area contributed by atoms with Gasteiger partial charge in [-0.25, -0.2) is 4.79 Å². The van der Waals surface area contributed by atoms with Crippen LogP contribution < -0.4 is 5.32 Å². The number of nitrogens with zero attached hydrogens (tertiary/aromatic N) is 2. The molecule has 1 spiro atoms. The molecule has 1 aliphatic heterocycles. The van der Waals surface area contributed by atoms with E-state index in [0.29, 0.717) is 0 Å². The first-order chi connectivity index (χ1) is 14.9. The van der Waals surface area contributed by atoms with Crippen molar-refractivity contribution in [2.24, 2.45) is 5.92 Å². The highest BCUT2D eigenvalue weighted by Crippen LogP contribution is 2.51. The van der Waals surface area contributed by atoms with Crippen LogP contribution in [0.3, 0.4) is 0 Å². The van der Waals surface area contributed by atoms with E-state index in [1.54, 1.807) is 0 Å². The van der Waals surface area contributed by atoms with Gasteiger partial charge in [-0.2, -0.15) is 0 Å². The van der Waals surface area contributed by atoms with Crippen LogP contribution in [-0.4, -0.2) is 47.5 Å². The highest BCUT2D eigenvalue weighted by molar-refractivity contribution is 5.75. The van der Waals surface area contributed by atoms with Crippen molar-refractivity contribution in [1.29, 1.82) is 0 Å². The molecule has 1 saturated carbocycles. The van der Waals surface area contributed by atoms with Crippen LogP contribution in [0.4, 0.5) is 4.79 Å². The van der Waals surface area contributed by atoms with Gasteiger partial charge in [-0.1, -0.05) is 43.5 Å². The maximum Gasteiger partial charge on any atom is 0.318 e. The number of urea groups is 1. The van der Waals surface area contributed by atoms with Crippen LogP contribution in [0.2, 0.25) is 0 Å². The summed E-state index contributed by atoms with van der Waals surface area (Å²) in [6.07, 6.45) is 10.7. The fourth-order valence-electron chi connectivity index (χ4n) is 6.68. The number of hydrogen-bond acceptors (Lipinski definition) is 2. The summed E-state index contributed by atoms with van der Waals surface area (Å²) in [4.78, 5) is 17.8. The summed E-state index contributed by atoms with van der Waals surface area (Å²) in [6, 6.07) is 9.53. The van der Waals surface area contributed by atoms with E-state index < -0.39 is 0 Å². The molecule has 0 bridgehead atoms. The summed E-state index contributed by atoms with van der Waals surface area (Å²) >= 11 is 0. The number of hydrogen-bond donors (Lipinski definition) is 1. The molecule has 0 unspecified atom stereocenters. The molecule has 4 heteroatoms. The number of amides is 2. The minimum absolute atomic E-state index is 0. The zero-order chi connectivity index (χ0) is 22.0. The maximum atomic E-state index is 13.1. The van der Waals surface area contributed by atoms with E-state index >= 15 is 0 Å². The van der Waals surface area contributed by atoms with Gasteiger partial charge in [0.2, 0.25) is 0 Å². The second-order valence-electron chi connectivity index (χ2n) is 11.0. The van der Waals surface area contributed by atoms with Gasteiger partial charge in [0.25, 0.3) is 0 Å². The van der Waals surface area contributed by atoms with E-state index in [1.807, 2.05) is 4.90 Å². The van der Waals surface area contributed by atoms with Crippen molar-refractivity contribution in [3.05, 3.63) is 35.4 Å². The van der Waals surface area contributed by atoms with E-state index in [2.05, 4.69) is 62.2 Å². The Kier molecular flexibility index (Phi) is 6.95. The molecule has 2 amide bonds. The molecule has 1 N–H and O–H groups in total. The fraction of sp³-hybridized carbons (Fsp3) is 0.741. The molecule has 1 aromatic rings. The third-order valence-corrected chi connectivity index (χ3v) is 8.20. The van der Waals surface area contributed by atoms with Gasteiger partial charge in [-0.05, 0) is 89.9 Å². The van der Waals surface area contributed by atoms with Crippen molar-refractivity contribution < 1.29 is 6.22 Å². The van der Waals surface area contributed by atoms with Crippen LogP contribution in [0.15, 0.2) is 24.3 Å². The summed E-state index contributed by atoms with van der Waals surface area (Å²) < 4.78 is 0. The third kappa shape index (κ3) is 4.79. The molecule has 1 heterocycles. The minimum atomic E-state index is 0. The SMILES string of the molecule is CC(C)N(C(=O)N[C@H]1CC2(CCN(CC3CCCCC3)CC2)c2ccccc21)C(C)C.[HH]. The largest absolute Gasteiger partial charge is 0.331 e. The molecule has 31 heavy (non-hydrogen) atoms. The lowest BCUT2D eigenvalue weighted by Gasteiger charge is -2.42. The van der Waals surface area contributed by atoms with E-state index in [-0.39, 0.29) is 31.0 Å². The average Bonchev–Trinajstić information content (AvgIpc) is 3.03. The normalized spacial score (nSPS) is 24.0. The summed E-state index contributed by atoms with van der Waals surface area (Å²) in [6.45, 7) is 12.1. The second-order valence-corrected chi connectivity index (χ2v) is 11.0. The van der Waals surface area contributed by atoms with Crippen molar-refractivity contribution in [1.82, 2.24) is 15.1 Å². The molecule has 1 aromatic carbocycles. The van der Waals surface area contributed by atoms with Gasteiger partial charge in [-0.15, -0.1) is 0 Å². The molecule has 0 radical (unpaired) electrons. The van der Waals surface area contributed by atoms with Crippen molar-refractivity contribution in [2.75, 3.05) is 19.6 Å². The monoisotopic (exact) mass is 427 g/mol. The third-order valence-electron chi connectivity index (χ3n) is 8.20. The Bertz CT molecular complexity index is 743. The Balaban J connectivity index is 0.00000289. The molecule has 174 valence electrons. The molecular formula is C27H45N3O. The van der Waals surface area contributed by atoms with E-state index in [0.717, 1.165) is 12.3 Å². The lowest BCUT2D eigenvalue weighted by molar-refractivity contribution is 0.122. The Morgan fingerprint density at radius 2 is 1.74 bits per heavy atom. The lowest BCUT2D eigenvalue weighted by atomic mass is 9.73. The average molecular weight is 428 g/mol. The van der Waals surface area contributed by atoms with Crippen molar-refractivity contribution in [2.45, 2.75) is 103 Å². The van der Waals surface area contributed by atoms with Crippen molar-refractivity contribution in [3.8, 4) is 0 Å². The highest BCUT2D eigenvalue weighted by Gasteiger charge is 2.46. The standard InChI is InChI=1S/C27H43N3O.H2/c1-20(2)30(21(3)4)26(31)28-25-18-27(24-13-9-8-12-23(24)25)14-16-29(17-15-27)19-22-10-6-5-7-11-22;/h8-9,12-13,20-22,25H,5-7,10-11,14-19H2,1-4H3,(H,28,31);1H/t25-;/m0./s1. The number of carbonyl (C=O) groups excluding carboxylic acids is 1. The van der Waals surface area contributed by atoms with Gasteiger partial charge in [0.1, 0.15) is 0 Å². The molecule has 4 rings (SSSR count). The highest BCUT2D eigenvalue weighted by atomic mass is 16.2. The number of benzene rings is 1. The van der Waals surface area contributed by atoms with Gasteiger partial charge in [0.15, 0.2) is 0 Å². The molecule has 0 aromatic heterocycles. The minimum Gasteiger partial charge on any atom is -0.331 e. The predicted octanol–water partition coefficient (Wildman–Crippen LogP) is 6.12. The molecule has 2 fully saturated rings. The molecule has 1 saturated heterocycles. The van der Waals surface area contributed by atoms with Crippen LogP contribution in [-0.2, 0) is 5.41 Å². The first-order valence-corrected chi connectivity index (χ1v) is 12.8. The number of carbonyl (C=O) groups is 1. The number of likely N-dealkylation sites (tertiary alicyclic amines) is 1. The van der Waals surface area contributed by atoms with Crippen molar-refractivity contribution >= 4 is 6.03 Å². The second kappa shape index (κ2) is 9.52. The quantitative estimate of drug-likeness (QED) is 0.614. The van der Waals surface area contributed by atoms with Gasteiger partial charge in [-0.3, -0.25) is 0 Å². The van der Waals surface area contributed by atoms with Crippen LogP contribution in [0.25, 0.3) is 0 Å². The molecule has 2 aliphatic carbocycles. The summed E-state index contributed by atoms with van der Waals surface area (Å²) in [5.41, 5.74) is 3.08. The zero-order valence-corrected chi connectivity index (χ0v) is 20.2. The lowest BCUT2D eigenvalue weighted by Crippen LogP contribution is -2.49. The first-order valence-electron chi connectivity index (χ1n) is 12.8. The van der Waals surface area contributed by atoms with Crippen LogP contribution in [0.1, 0.15) is 97.7 Å². The molecular weight excluding hydrogens is 382 g/mol. The van der Waals surface area contributed by atoms with Gasteiger partial charge < -0.3 is 15.1 Å². The summed E-state index contributed by atoms with van der Waals surface area (Å²) in [5.74, 6) is 0.920. The zero-order valence-electron chi connectivity index (χ0n) is 20.2. The number of fused-ring (bicyclic) bond motifs is 2. The Morgan fingerprint density at radius 1 is 1.10 bits per heavy atom. The van der Waals surface area contributed by atoms with Crippen LogP contribution >= 0.6 is 0 Å². The number of nitrogens with one attached hydrogen (secondary N) is 1. The van der Waals surface area contributed by atoms with Crippen molar-refractivity contribution in [3.63, 3.8) is 0 Å². The number of piperidine rings is 1. The number of rotatable bonds is 5. The van der Waals surface area contributed by atoms with E-state index in [9.17, 15) is 4.79 Å². The van der Waals surface area contributed by atoms with E-state index in [4.69, 9.17) is 0 Å². The Labute approximate surface area is 191 Å². The Morgan fingerprint density at radius 3 is 2.39 bits per heavy atom. The summed E-state index contributed by atoms with van der Waals surface area (Å²) in [5, 5.41) is 3.42. The predicted molar refractivity (Wildman–Crippen MR) is 130 cm³/mol.